The summed E-state index contributed by atoms with van der Waals surface area (Å²) in [6.45, 7) is 6.36. The third-order valence-corrected chi connectivity index (χ3v) is 5.57. The van der Waals surface area contributed by atoms with Crippen molar-refractivity contribution in [1.82, 2.24) is 0 Å². The second kappa shape index (κ2) is 10.2. The molecular formula is C18H24Br2O4. The van der Waals surface area contributed by atoms with Crippen molar-refractivity contribution in [3.8, 4) is 0 Å². The minimum absolute atomic E-state index is 0.0619. The first kappa shape index (κ1) is 21.2. The van der Waals surface area contributed by atoms with Gasteiger partial charge in [-0.25, -0.2) is 9.59 Å². The van der Waals surface area contributed by atoms with Crippen molar-refractivity contribution >= 4 is 43.8 Å². The van der Waals surface area contributed by atoms with Crippen LogP contribution in [0.1, 0.15) is 73.6 Å². The van der Waals surface area contributed by atoms with E-state index in [-0.39, 0.29) is 17.2 Å². The van der Waals surface area contributed by atoms with Crippen molar-refractivity contribution in [1.29, 1.82) is 0 Å². The van der Waals surface area contributed by atoms with E-state index < -0.39 is 11.9 Å². The Morgan fingerprint density at radius 2 is 1.67 bits per heavy atom. The molecule has 1 aromatic carbocycles. The van der Waals surface area contributed by atoms with Crippen LogP contribution in [-0.2, 0) is 4.74 Å². The molecule has 1 N–H and O–H groups in total. The van der Waals surface area contributed by atoms with Crippen LogP contribution in [-0.4, -0.2) is 23.1 Å². The van der Waals surface area contributed by atoms with E-state index in [1.807, 2.05) is 0 Å². The lowest BCUT2D eigenvalue weighted by atomic mass is 10.0. The summed E-state index contributed by atoms with van der Waals surface area (Å²) in [7, 11) is 0. The molecule has 6 heteroatoms. The van der Waals surface area contributed by atoms with Gasteiger partial charge in [0.2, 0.25) is 0 Å². The molecule has 0 saturated heterocycles. The van der Waals surface area contributed by atoms with E-state index in [0.717, 1.165) is 32.1 Å². The van der Waals surface area contributed by atoms with Gasteiger partial charge >= 0.3 is 11.9 Å². The number of ether oxygens (including phenoxy) is 1. The van der Waals surface area contributed by atoms with Gasteiger partial charge in [0.15, 0.2) is 0 Å². The van der Waals surface area contributed by atoms with Gasteiger partial charge in [0.25, 0.3) is 0 Å². The van der Waals surface area contributed by atoms with Gasteiger partial charge in [-0.1, -0.05) is 33.6 Å². The molecule has 4 nitrogen and oxygen atoms in total. The Morgan fingerprint density at radius 1 is 1.08 bits per heavy atom. The Bertz CT molecular complexity index is 585. The van der Waals surface area contributed by atoms with Crippen LogP contribution in [0.25, 0.3) is 0 Å². The number of aromatic carboxylic acids is 1. The summed E-state index contributed by atoms with van der Waals surface area (Å²) >= 11 is 6.57. The highest BCUT2D eigenvalue weighted by Gasteiger charge is 2.23. The van der Waals surface area contributed by atoms with E-state index in [1.54, 1.807) is 0 Å². The summed E-state index contributed by atoms with van der Waals surface area (Å²) in [5.41, 5.74) is 0.0109. The summed E-state index contributed by atoms with van der Waals surface area (Å²) in [6.07, 6.45) is 4.39. The van der Waals surface area contributed by atoms with E-state index in [9.17, 15) is 14.7 Å². The molecule has 1 unspecified atom stereocenters. The van der Waals surface area contributed by atoms with Crippen molar-refractivity contribution in [2.45, 2.75) is 59.0 Å². The highest BCUT2D eigenvalue weighted by atomic mass is 79.9. The first-order chi connectivity index (χ1) is 11.3. The SMILES string of the molecule is CCCCC(CCC(C)C)OC(=O)c1cc(Br)c(Br)cc1C(=O)O. The lowest BCUT2D eigenvalue weighted by Gasteiger charge is -2.19. The maximum atomic E-state index is 12.5. The Hall–Kier alpha value is -0.880. The Balaban J connectivity index is 2.97. The molecule has 0 spiro atoms. The summed E-state index contributed by atoms with van der Waals surface area (Å²) in [6, 6.07) is 2.91. The van der Waals surface area contributed by atoms with Gasteiger partial charge in [-0.2, -0.15) is 0 Å². The average Bonchev–Trinajstić information content (AvgIpc) is 2.51. The highest BCUT2D eigenvalue weighted by Crippen LogP contribution is 2.28. The molecule has 1 rings (SSSR count). The van der Waals surface area contributed by atoms with Gasteiger partial charge in [-0.15, -0.1) is 0 Å². The maximum absolute atomic E-state index is 12.5. The van der Waals surface area contributed by atoms with Crippen molar-refractivity contribution < 1.29 is 19.4 Å². The third-order valence-electron chi connectivity index (χ3n) is 3.73. The van der Waals surface area contributed by atoms with Gasteiger partial charge in [0, 0.05) is 8.95 Å². The quantitative estimate of drug-likeness (QED) is 0.452. The number of hydrogen-bond acceptors (Lipinski definition) is 3. The Labute approximate surface area is 160 Å². The Morgan fingerprint density at radius 3 is 2.17 bits per heavy atom. The van der Waals surface area contributed by atoms with Crippen LogP contribution < -0.4 is 0 Å². The van der Waals surface area contributed by atoms with Crippen molar-refractivity contribution in [3.63, 3.8) is 0 Å². The van der Waals surface area contributed by atoms with E-state index in [0.29, 0.717) is 14.9 Å². The zero-order valence-electron chi connectivity index (χ0n) is 14.3. The van der Waals surface area contributed by atoms with Gasteiger partial charge in [-0.3, -0.25) is 0 Å². The van der Waals surface area contributed by atoms with Gasteiger partial charge in [0.1, 0.15) is 6.10 Å². The third kappa shape index (κ3) is 6.55. The Kier molecular flexibility index (Phi) is 8.98. The summed E-state index contributed by atoms with van der Waals surface area (Å²) in [4.78, 5) is 23.9. The number of carbonyl (C=O) groups is 2. The topological polar surface area (TPSA) is 63.6 Å². The molecule has 1 aromatic rings. The molecule has 0 fully saturated rings. The number of carbonyl (C=O) groups excluding carboxylic acids is 1. The van der Waals surface area contributed by atoms with Crippen LogP contribution in [0.3, 0.4) is 0 Å². The fourth-order valence-electron chi connectivity index (χ4n) is 2.32. The van der Waals surface area contributed by atoms with Crippen LogP contribution in [0.4, 0.5) is 0 Å². The van der Waals surface area contributed by atoms with Crippen LogP contribution in [0.15, 0.2) is 21.1 Å². The first-order valence-electron chi connectivity index (χ1n) is 8.19. The monoisotopic (exact) mass is 462 g/mol. The fourth-order valence-corrected chi connectivity index (χ4v) is 3.01. The number of carboxylic acids is 1. The number of benzene rings is 1. The second-order valence-electron chi connectivity index (χ2n) is 6.26. The standard InChI is InChI=1S/C18H24Br2O4/c1-4-5-6-12(8-7-11(2)3)24-18(23)14-10-16(20)15(19)9-13(14)17(21)22/h9-12H,4-8H2,1-3H3,(H,21,22). The van der Waals surface area contributed by atoms with Crippen molar-refractivity contribution in [2.75, 3.05) is 0 Å². The highest BCUT2D eigenvalue weighted by molar-refractivity contribution is 9.13. The lowest BCUT2D eigenvalue weighted by Crippen LogP contribution is -2.21. The normalized spacial score (nSPS) is 12.2. The predicted molar refractivity (Wildman–Crippen MR) is 102 cm³/mol. The van der Waals surface area contributed by atoms with Gasteiger partial charge in [-0.05, 0) is 69.2 Å². The van der Waals surface area contributed by atoms with Gasteiger partial charge in [0.05, 0.1) is 11.1 Å². The summed E-state index contributed by atoms with van der Waals surface area (Å²) < 4.78 is 6.84. The lowest BCUT2D eigenvalue weighted by molar-refractivity contribution is 0.0238. The van der Waals surface area contributed by atoms with Crippen LogP contribution in [0, 0.1) is 5.92 Å². The van der Waals surface area contributed by atoms with Crippen molar-refractivity contribution in [3.05, 3.63) is 32.2 Å². The largest absolute Gasteiger partial charge is 0.478 e. The first-order valence-corrected chi connectivity index (χ1v) is 9.78. The summed E-state index contributed by atoms with van der Waals surface area (Å²) in [5, 5.41) is 9.34. The van der Waals surface area contributed by atoms with Gasteiger partial charge < -0.3 is 9.84 Å². The number of halogens is 2. The molecule has 24 heavy (non-hydrogen) atoms. The second-order valence-corrected chi connectivity index (χ2v) is 7.97. The molecule has 0 aliphatic rings. The molecule has 0 heterocycles. The number of rotatable bonds is 9. The molecular weight excluding hydrogens is 440 g/mol. The molecule has 0 radical (unpaired) electrons. The summed E-state index contributed by atoms with van der Waals surface area (Å²) in [5.74, 6) is -1.20. The molecule has 134 valence electrons. The molecule has 0 amide bonds. The van der Waals surface area contributed by atoms with Crippen LogP contribution in [0.5, 0.6) is 0 Å². The van der Waals surface area contributed by atoms with E-state index in [4.69, 9.17) is 4.74 Å². The molecule has 0 aromatic heterocycles. The maximum Gasteiger partial charge on any atom is 0.339 e. The smallest absolute Gasteiger partial charge is 0.339 e. The zero-order chi connectivity index (χ0) is 18.3. The minimum atomic E-state index is -1.15. The van der Waals surface area contributed by atoms with E-state index >= 15 is 0 Å². The average molecular weight is 464 g/mol. The molecule has 0 aliphatic carbocycles. The molecule has 0 aliphatic heterocycles. The number of hydrogen-bond donors (Lipinski definition) is 1. The fraction of sp³-hybridized carbons (Fsp3) is 0.556. The molecule has 0 bridgehead atoms. The minimum Gasteiger partial charge on any atom is -0.478 e. The van der Waals surface area contributed by atoms with E-state index in [2.05, 4.69) is 52.6 Å². The predicted octanol–water partition coefficient (Wildman–Crippen LogP) is 6.06. The van der Waals surface area contributed by atoms with E-state index in [1.165, 1.54) is 12.1 Å². The number of carboxylic acid groups (broad SMARTS) is 1. The number of unbranched alkanes of at least 4 members (excludes halogenated alkanes) is 1. The van der Waals surface area contributed by atoms with Crippen molar-refractivity contribution in [2.24, 2.45) is 5.92 Å². The molecule has 0 saturated carbocycles. The molecule has 1 atom stereocenters. The zero-order valence-corrected chi connectivity index (χ0v) is 17.4. The number of esters is 1. The van der Waals surface area contributed by atoms with Crippen LogP contribution >= 0.6 is 31.9 Å². The van der Waals surface area contributed by atoms with Crippen LogP contribution in [0.2, 0.25) is 0 Å².